The molecular weight excluding hydrogens is 532 g/mol. The van der Waals surface area contributed by atoms with Crippen molar-refractivity contribution in [1.29, 1.82) is 0 Å². The third-order valence-electron chi connectivity index (χ3n) is 5.67. The maximum atomic E-state index is 13.4. The number of amides is 2. The summed E-state index contributed by atoms with van der Waals surface area (Å²) in [5, 5.41) is 3.43. The zero-order chi connectivity index (χ0) is 27.4. The Hall–Kier alpha value is -2.65. The van der Waals surface area contributed by atoms with Gasteiger partial charge in [-0.1, -0.05) is 41.4 Å². The molecule has 0 aliphatic carbocycles. The summed E-state index contributed by atoms with van der Waals surface area (Å²) in [6.07, 6.45) is -5.01. The number of carbonyl (C=O) groups excluding carboxylic acids is 2. The minimum atomic E-state index is -4.53. The van der Waals surface area contributed by atoms with Gasteiger partial charge in [-0.2, -0.15) is 13.2 Å². The van der Waals surface area contributed by atoms with Crippen LogP contribution in [0.2, 0.25) is 10.0 Å². The second-order valence-corrected chi connectivity index (χ2v) is 10.6. The van der Waals surface area contributed by atoms with Gasteiger partial charge in [0.25, 0.3) is 0 Å². The quantitative estimate of drug-likeness (QED) is 0.436. The highest BCUT2D eigenvalue weighted by molar-refractivity contribution is 6.35. The number of alkyl carbamates (subject to hydrolysis) is 1. The SMILES string of the molecule is CC(C)(C)OC(=O)NC(Cc1ccc(Cl)cc1Cl)C(=O)N1CCC(Oc2ccccc2C(F)(F)F)CC1. The van der Waals surface area contributed by atoms with Gasteiger partial charge in [0.2, 0.25) is 5.91 Å². The molecule has 3 rings (SSSR count). The molecule has 0 aromatic heterocycles. The number of piperidine rings is 1. The lowest BCUT2D eigenvalue weighted by atomic mass is 10.0. The number of halogens is 5. The number of rotatable bonds is 6. The molecule has 0 radical (unpaired) electrons. The van der Waals surface area contributed by atoms with Crippen molar-refractivity contribution in [1.82, 2.24) is 10.2 Å². The van der Waals surface area contributed by atoms with Crippen molar-refractivity contribution in [2.75, 3.05) is 13.1 Å². The Kier molecular flexibility index (Phi) is 9.23. The molecule has 0 bridgehead atoms. The van der Waals surface area contributed by atoms with Crippen LogP contribution in [0.25, 0.3) is 0 Å². The van der Waals surface area contributed by atoms with E-state index in [1.54, 1.807) is 43.9 Å². The molecule has 0 saturated carbocycles. The Balaban J connectivity index is 1.69. The molecule has 1 aliphatic heterocycles. The first kappa shape index (κ1) is 28.9. The van der Waals surface area contributed by atoms with E-state index in [4.69, 9.17) is 32.7 Å². The van der Waals surface area contributed by atoms with Gasteiger partial charge in [0, 0.05) is 42.4 Å². The number of carbonyl (C=O) groups is 2. The van der Waals surface area contributed by atoms with Crippen LogP contribution in [0.3, 0.4) is 0 Å². The van der Waals surface area contributed by atoms with E-state index in [9.17, 15) is 22.8 Å². The standard InChI is InChI=1S/C26H29Cl2F3N2O4/c1-25(2,3)37-24(35)32-21(14-16-8-9-17(27)15-20(16)28)23(34)33-12-10-18(11-13-33)36-22-7-5-4-6-19(22)26(29,30)31/h4-9,15,18,21H,10-14H2,1-3H3,(H,32,35). The minimum Gasteiger partial charge on any atom is -0.490 e. The smallest absolute Gasteiger partial charge is 0.419 e. The van der Waals surface area contributed by atoms with Gasteiger partial charge in [-0.15, -0.1) is 0 Å². The van der Waals surface area contributed by atoms with Crippen LogP contribution in [-0.2, 0) is 22.1 Å². The number of hydrogen-bond donors (Lipinski definition) is 1. The molecule has 1 heterocycles. The third-order valence-corrected chi connectivity index (χ3v) is 6.25. The summed E-state index contributed by atoms with van der Waals surface area (Å²) in [5.74, 6) is -0.590. The molecule has 1 unspecified atom stereocenters. The van der Waals surface area contributed by atoms with E-state index in [-0.39, 0.29) is 31.2 Å². The van der Waals surface area contributed by atoms with Crippen LogP contribution in [0.15, 0.2) is 42.5 Å². The highest BCUT2D eigenvalue weighted by Crippen LogP contribution is 2.37. The van der Waals surface area contributed by atoms with E-state index in [2.05, 4.69) is 5.32 Å². The largest absolute Gasteiger partial charge is 0.490 e. The lowest BCUT2D eigenvalue weighted by Crippen LogP contribution is -2.53. The number of para-hydroxylation sites is 1. The van der Waals surface area contributed by atoms with Crippen molar-refractivity contribution in [3.63, 3.8) is 0 Å². The summed E-state index contributed by atoms with van der Waals surface area (Å²) in [6, 6.07) is 8.95. The molecule has 37 heavy (non-hydrogen) atoms. The van der Waals surface area contributed by atoms with Gasteiger partial charge >= 0.3 is 12.3 Å². The van der Waals surface area contributed by atoms with Crippen molar-refractivity contribution in [3.05, 3.63) is 63.6 Å². The Labute approximate surface area is 224 Å². The van der Waals surface area contributed by atoms with Crippen LogP contribution >= 0.6 is 23.2 Å². The summed E-state index contributed by atoms with van der Waals surface area (Å²) in [6.45, 7) is 5.63. The molecule has 2 aromatic carbocycles. The molecule has 1 aliphatic rings. The molecule has 6 nitrogen and oxygen atoms in total. The number of alkyl halides is 3. The van der Waals surface area contributed by atoms with Gasteiger partial charge in [-0.25, -0.2) is 4.79 Å². The van der Waals surface area contributed by atoms with Crippen LogP contribution in [0, 0.1) is 0 Å². The fraction of sp³-hybridized carbons (Fsp3) is 0.462. The summed E-state index contributed by atoms with van der Waals surface area (Å²) >= 11 is 12.3. The third kappa shape index (κ3) is 8.43. The van der Waals surface area contributed by atoms with Crippen LogP contribution < -0.4 is 10.1 Å². The fourth-order valence-corrected chi connectivity index (χ4v) is 4.44. The average Bonchev–Trinajstić information content (AvgIpc) is 2.79. The van der Waals surface area contributed by atoms with Crippen molar-refractivity contribution in [2.24, 2.45) is 0 Å². The molecule has 1 atom stereocenters. The molecule has 1 N–H and O–H groups in total. The Bertz CT molecular complexity index is 1110. The summed E-state index contributed by atoms with van der Waals surface area (Å²) in [4.78, 5) is 27.5. The molecule has 0 spiro atoms. The molecule has 1 saturated heterocycles. The summed E-state index contributed by atoms with van der Waals surface area (Å²) in [5.41, 5.74) is -0.990. The maximum absolute atomic E-state index is 13.4. The normalized spacial score (nSPS) is 15.7. The number of nitrogens with zero attached hydrogens (tertiary/aromatic N) is 1. The first-order valence-corrected chi connectivity index (χ1v) is 12.5. The summed E-state index contributed by atoms with van der Waals surface area (Å²) in [7, 11) is 0. The average molecular weight is 561 g/mol. The van der Waals surface area contributed by atoms with Gasteiger partial charge in [0.1, 0.15) is 23.5 Å². The Morgan fingerprint density at radius 1 is 1.08 bits per heavy atom. The number of ether oxygens (including phenoxy) is 2. The fourth-order valence-electron chi connectivity index (χ4n) is 3.95. The topological polar surface area (TPSA) is 67.9 Å². The lowest BCUT2D eigenvalue weighted by Gasteiger charge is -2.35. The van der Waals surface area contributed by atoms with Crippen LogP contribution in [0.4, 0.5) is 18.0 Å². The van der Waals surface area contributed by atoms with E-state index >= 15 is 0 Å². The highest BCUT2D eigenvalue weighted by atomic mass is 35.5. The van der Waals surface area contributed by atoms with E-state index in [1.165, 1.54) is 18.2 Å². The lowest BCUT2D eigenvalue weighted by molar-refractivity contribution is -0.139. The predicted octanol–water partition coefficient (Wildman–Crippen LogP) is 6.52. The Morgan fingerprint density at radius 2 is 1.73 bits per heavy atom. The van der Waals surface area contributed by atoms with E-state index in [1.807, 2.05) is 0 Å². The number of hydrogen-bond acceptors (Lipinski definition) is 4. The van der Waals surface area contributed by atoms with Gasteiger partial charge in [-0.3, -0.25) is 4.79 Å². The molecule has 1 fully saturated rings. The van der Waals surface area contributed by atoms with Crippen molar-refractivity contribution in [3.8, 4) is 5.75 Å². The highest BCUT2D eigenvalue weighted by Gasteiger charge is 2.36. The second kappa shape index (κ2) is 11.8. The Morgan fingerprint density at radius 3 is 2.32 bits per heavy atom. The van der Waals surface area contributed by atoms with Crippen LogP contribution in [0.1, 0.15) is 44.7 Å². The van der Waals surface area contributed by atoms with Crippen molar-refractivity contribution in [2.45, 2.75) is 64.0 Å². The van der Waals surface area contributed by atoms with Crippen molar-refractivity contribution >= 4 is 35.2 Å². The van der Waals surface area contributed by atoms with E-state index < -0.39 is 35.6 Å². The first-order chi connectivity index (χ1) is 17.2. The number of benzene rings is 2. The van der Waals surface area contributed by atoms with Crippen molar-refractivity contribution < 1.29 is 32.2 Å². The predicted molar refractivity (Wildman–Crippen MR) is 135 cm³/mol. The monoisotopic (exact) mass is 560 g/mol. The molecule has 11 heteroatoms. The molecule has 202 valence electrons. The first-order valence-electron chi connectivity index (χ1n) is 11.8. The number of likely N-dealkylation sites (tertiary alicyclic amines) is 1. The van der Waals surface area contributed by atoms with Crippen LogP contribution in [-0.4, -0.2) is 47.7 Å². The zero-order valence-electron chi connectivity index (χ0n) is 20.7. The molecule has 2 aromatic rings. The van der Waals surface area contributed by atoms with Gasteiger partial charge in [-0.05, 0) is 50.6 Å². The molecule has 2 amide bonds. The van der Waals surface area contributed by atoms with E-state index in [0.717, 1.165) is 6.07 Å². The van der Waals surface area contributed by atoms with Gasteiger partial charge < -0.3 is 19.7 Å². The summed E-state index contributed by atoms with van der Waals surface area (Å²) < 4.78 is 50.9. The maximum Gasteiger partial charge on any atom is 0.419 e. The van der Waals surface area contributed by atoms with Gasteiger partial charge in [0.15, 0.2) is 0 Å². The minimum absolute atomic E-state index is 0.101. The van der Waals surface area contributed by atoms with Gasteiger partial charge in [0.05, 0.1) is 5.56 Å². The zero-order valence-corrected chi connectivity index (χ0v) is 22.2. The number of nitrogens with one attached hydrogen (secondary N) is 1. The molecular formula is C26H29Cl2F3N2O4. The second-order valence-electron chi connectivity index (χ2n) is 9.78. The van der Waals surface area contributed by atoms with Crippen LogP contribution in [0.5, 0.6) is 5.75 Å². The van der Waals surface area contributed by atoms with E-state index in [0.29, 0.717) is 28.5 Å².